The topological polar surface area (TPSA) is 104 Å². The molecule has 0 fully saturated rings. The van der Waals surface area contributed by atoms with Gasteiger partial charge < -0.3 is 10.2 Å². The molecule has 8 heteroatoms. The van der Waals surface area contributed by atoms with Crippen molar-refractivity contribution in [3.8, 4) is 0 Å². The van der Waals surface area contributed by atoms with Crippen molar-refractivity contribution in [2.24, 2.45) is 0 Å². The predicted octanol–water partition coefficient (Wildman–Crippen LogP) is 1.49. The molecule has 3 aromatic rings. The first-order valence-electron chi connectivity index (χ1n) is 9.62. The first-order valence-corrected chi connectivity index (χ1v) is 9.62. The zero-order valence-electron chi connectivity index (χ0n) is 17.1. The fraction of sp³-hybridized carbons (Fsp3) is 0.273. The van der Waals surface area contributed by atoms with E-state index in [9.17, 15) is 19.2 Å². The molecule has 2 aromatic carbocycles. The molecule has 8 nitrogen and oxygen atoms in total. The third-order valence-electron chi connectivity index (χ3n) is 4.97. The highest BCUT2D eigenvalue weighted by atomic mass is 16.2. The van der Waals surface area contributed by atoms with E-state index in [1.165, 1.54) is 0 Å². The van der Waals surface area contributed by atoms with Crippen molar-refractivity contribution in [3.05, 3.63) is 80.4 Å². The van der Waals surface area contributed by atoms with Crippen LogP contribution in [-0.4, -0.2) is 39.6 Å². The largest absolute Gasteiger partial charge is 0.350 e. The van der Waals surface area contributed by atoms with E-state index in [2.05, 4.69) is 10.4 Å². The number of carbonyl (C=O) groups excluding carboxylic acids is 2. The van der Waals surface area contributed by atoms with Gasteiger partial charge in [0.25, 0.3) is 17.0 Å². The monoisotopic (exact) mass is 408 g/mol. The molecule has 0 atom stereocenters. The van der Waals surface area contributed by atoms with Gasteiger partial charge in [-0.2, -0.15) is 0 Å². The Balaban J connectivity index is 1.65. The molecule has 30 heavy (non-hydrogen) atoms. The van der Waals surface area contributed by atoms with E-state index in [1.807, 2.05) is 13.8 Å². The van der Waals surface area contributed by atoms with E-state index in [4.69, 9.17) is 0 Å². The van der Waals surface area contributed by atoms with E-state index in [0.717, 1.165) is 10.2 Å². The third kappa shape index (κ3) is 4.48. The average Bonchev–Trinajstić information content (AvgIpc) is 2.75. The van der Waals surface area contributed by atoms with Gasteiger partial charge in [0.1, 0.15) is 6.54 Å². The molecule has 2 N–H and O–H groups in total. The van der Waals surface area contributed by atoms with Crippen molar-refractivity contribution in [3.63, 3.8) is 0 Å². The highest BCUT2D eigenvalue weighted by Gasteiger charge is 2.14. The van der Waals surface area contributed by atoms with Crippen molar-refractivity contribution in [2.45, 2.75) is 33.0 Å². The summed E-state index contributed by atoms with van der Waals surface area (Å²) < 4.78 is 1.00. The molecule has 0 spiro atoms. The molecule has 0 saturated carbocycles. The Bertz CT molecular complexity index is 1190. The van der Waals surface area contributed by atoms with Gasteiger partial charge in [0, 0.05) is 25.2 Å². The summed E-state index contributed by atoms with van der Waals surface area (Å²) in [6.07, 6.45) is 0. The molecule has 1 aromatic heterocycles. The summed E-state index contributed by atoms with van der Waals surface area (Å²) in [7, 11) is 1.75. The molecular weight excluding hydrogens is 384 g/mol. The minimum absolute atomic E-state index is 0.0692. The maximum Gasteiger partial charge on any atom is 0.273 e. The van der Waals surface area contributed by atoms with Crippen LogP contribution in [-0.2, 0) is 17.9 Å². The summed E-state index contributed by atoms with van der Waals surface area (Å²) in [4.78, 5) is 50.8. The Morgan fingerprint density at radius 2 is 1.67 bits per heavy atom. The molecule has 3 rings (SSSR count). The number of amides is 2. The lowest BCUT2D eigenvalue weighted by Crippen LogP contribution is -2.36. The molecule has 0 bridgehead atoms. The fourth-order valence-corrected chi connectivity index (χ4v) is 2.96. The molecule has 0 aliphatic heterocycles. The van der Waals surface area contributed by atoms with Crippen molar-refractivity contribution >= 4 is 22.6 Å². The standard InChI is InChI=1S/C22H24N4O4/c1-14(2)25(3)21(29)16-10-8-15(9-11-16)12-23-19(27)13-26-22(30)18-7-5-4-6-17(18)20(28)24-26/h4-11,14H,12-13H2,1-3H3,(H,23,27)(H,24,28). The molecule has 1 heterocycles. The Hall–Kier alpha value is -3.68. The number of H-pyrrole nitrogens is 1. The maximum atomic E-state index is 12.5. The van der Waals surface area contributed by atoms with Crippen LogP contribution < -0.4 is 16.4 Å². The zero-order chi connectivity index (χ0) is 21.8. The number of nitrogens with one attached hydrogen (secondary N) is 2. The lowest BCUT2D eigenvalue weighted by atomic mass is 10.1. The molecular formula is C22H24N4O4. The summed E-state index contributed by atoms with van der Waals surface area (Å²) >= 11 is 0. The van der Waals surface area contributed by atoms with Gasteiger partial charge in [-0.15, -0.1) is 0 Å². The van der Waals surface area contributed by atoms with Crippen molar-refractivity contribution in [2.75, 3.05) is 7.05 Å². The highest BCUT2D eigenvalue weighted by molar-refractivity contribution is 5.94. The molecule has 156 valence electrons. The fourth-order valence-electron chi connectivity index (χ4n) is 2.96. The van der Waals surface area contributed by atoms with Gasteiger partial charge >= 0.3 is 0 Å². The molecule has 0 radical (unpaired) electrons. The lowest BCUT2D eigenvalue weighted by Gasteiger charge is -2.21. The SMILES string of the molecule is CC(C)N(C)C(=O)c1ccc(CNC(=O)Cn2[nH]c(=O)c3ccccc3c2=O)cc1. The Kier molecular flexibility index (Phi) is 6.15. The van der Waals surface area contributed by atoms with Crippen molar-refractivity contribution < 1.29 is 9.59 Å². The highest BCUT2D eigenvalue weighted by Crippen LogP contribution is 2.09. The van der Waals surface area contributed by atoms with Crippen LogP contribution in [0.2, 0.25) is 0 Å². The molecule has 0 aliphatic carbocycles. The van der Waals surface area contributed by atoms with Gasteiger partial charge in [-0.25, -0.2) is 4.68 Å². The summed E-state index contributed by atoms with van der Waals surface area (Å²) in [5.74, 6) is -0.483. The van der Waals surface area contributed by atoms with Gasteiger partial charge in [0.2, 0.25) is 5.91 Å². The number of aromatic amines is 1. The van der Waals surface area contributed by atoms with Crippen molar-refractivity contribution in [1.29, 1.82) is 0 Å². The average molecular weight is 408 g/mol. The number of aromatic nitrogens is 2. The number of hydrogen-bond donors (Lipinski definition) is 2. The number of carbonyl (C=O) groups is 2. The van der Waals surface area contributed by atoms with Gasteiger partial charge in [-0.1, -0.05) is 24.3 Å². The van der Waals surface area contributed by atoms with Gasteiger partial charge in [0.15, 0.2) is 0 Å². The summed E-state index contributed by atoms with van der Waals surface area (Å²) in [6, 6.07) is 13.5. The van der Waals surface area contributed by atoms with Gasteiger partial charge in [0.05, 0.1) is 10.8 Å². The van der Waals surface area contributed by atoms with Crippen LogP contribution in [0, 0.1) is 0 Å². The minimum Gasteiger partial charge on any atom is -0.350 e. The number of hydrogen-bond acceptors (Lipinski definition) is 4. The summed E-state index contributed by atoms with van der Waals surface area (Å²) in [5.41, 5.74) is 0.523. The second-order valence-electron chi connectivity index (χ2n) is 7.36. The van der Waals surface area contributed by atoms with Crippen LogP contribution in [0.3, 0.4) is 0 Å². The molecule has 2 amide bonds. The Morgan fingerprint density at radius 1 is 1.03 bits per heavy atom. The van der Waals surface area contributed by atoms with E-state index in [-0.39, 0.29) is 35.8 Å². The van der Waals surface area contributed by atoms with Gasteiger partial charge in [-0.3, -0.25) is 24.3 Å². The normalized spacial score (nSPS) is 10.9. The van der Waals surface area contributed by atoms with Crippen LogP contribution in [0.25, 0.3) is 10.8 Å². The minimum atomic E-state index is -0.433. The number of nitrogens with zero attached hydrogens (tertiary/aromatic N) is 2. The smallest absolute Gasteiger partial charge is 0.273 e. The molecule has 0 saturated heterocycles. The second kappa shape index (κ2) is 8.77. The van der Waals surface area contributed by atoms with Crippen LogP contribution >= 0.6 is 0 Å². The second-order valence-corrected chi connectivity index (χ2v) is 7.36. The van der Waals surface area contributed by atoms with Crippen molar-refractivity contribution in [1.82, 2.24) is 20.0 Å². The first-order chi connectivity index (χ1) is 14.3. The summed E-state index contributed by atoms with van der Waals surface area (Å²) in [6.45, 7) is 3.82. The lowest BCUT2D eigenvalue weighted by molar-refractivity contribution is -0.122. The Labute approximate surface area is 173 Å². The van der Waals surface area contributed by atoms with Crippen LogP contribution in [0.1, 0.15) is 29.8 Å². The number of fused-ring (bicyclic) bond motifs is 1. The summed E-state index contributed by atoms with van der Waals surface area (Å²) in [5, 5.41) is 5.70. The zero-order valence-corrected chi connectivity index (χ0v) is 17.1. The van der Waals surface area contributed by atoms with Crippen LogP contribution in [0.15, 0.2) is 58.1 Å². The molecule has 0 aliphatic rings. The first kappa shape index (κ1) is 21.0. The van der Waals surface area contributed by atoms with E-state index in [0.29, 0.717) is 5.56 Å². The van der Waals surface area contributed by atoms with E-state index < -0.39 is 17.0 Å². The van der Waals surface area contributed by atoms with Crippen LogP contribution in [0.5, 0.6) is 0 Å². The predicted molar refractivity (Wildman–Crippen MR) is 114 cm³/mol. The molecule has 0 unspecified atom stereocenters. The number of benzene rings is 2. The quantitative estimate of drug-likeness (QED) is 0.645. The number of rotatable bonds is 6. The van der Waals surface area contributed by atoms with Gasteiger partial charge in [-0.05, 0) is 43.7 Å². The maximum absolute atomic E-state index is 12.5. The Morgan fingerprint density at radius 3 is 2.30 bits per heavy atom. The van der Waals surface area contributed by atoms with E-state index >= 15 is 0 Å². The van der Waals surface area contributed by atoms with E-state index in [1.54, 1.807) is 60.5 Å². The van der Waals surface area contributed by atoms with Crippen LogP contribution in [0.4, 0.5) is 0 Å². The third-order valence-corrected chi connectivity index (χ3v) is 4.97.